The van der Waals surface area contributed by atoms with Gasteiger partial charge >= 0.3 is 0 Å². The third-order valence-electron chi connectivity index (χ3n) is 2.66. The van der Waals surface area contributed by atoms with E-state index in [1.54, 1.807) is 0 Å². The van der Waals surface area contributed by atoms with Crippen molar-refractivity contribution in [3.8, 4) is 11.8 Å². The van der Waals surface area contributed by atoms with Crippen LogP contribution in [0.3, 0.4) is 0 Å². The Kier molecular flexibility index (Phi) is 6.07. The van der Waals surface area contributed by atoms with E-state index < -0.39 is 0 Å². The molecule has 1 N–H and O–H groups in total. The minimum Gasteiger partial charge on any atom is -0.384 e. The normalized spacial score (nSPS) is 10.2. The molecule has 0 aliphatic heterocycles. The highest BCUT2D eigenvalue weighted by molar-refractivity contribution is 7.14. The van der Waals surface area contributed by atoms with Crippen LogP contribution >= 0.6 is 11.3 Å². The zero-order valence-electron chi connectivity index (χ0n) is 12.0. The van der Waals surface area contributed by atoms with E-state index in [1.807, 2.05) is 24.8 Å². The van der Waals surface area contributed by atoms with Gasteiger partial charge in [-0.3, -0.25) is 4.79 Å². The van der Waals surface area contributed by atoms with Gasteiger partial charge in [0.2, 0.25) is 0 Å². The zero-order chi connectivity index (χ0) is 14.4. The van der Waals surface area contributed by atoms with Gasteiger partial charge in [-0.15, -0.1) is 11.3 Å². The SMILES string of the molecule is CCN(CC(C)C)C(=O)c1cc(C)c(C#CCO)s1. The molecule has 1 amide bonds. The van der Waals surface area contributed by atoms with Crippen molar-refractivity contribution in [1.29, 1.82) is 0 Å². The van der Waals surface area contributed by atoms with Gasteiger partial charge in [0.05, 0.1) is 9.75 Å². The minimum absolute atomic E-state index is 0.0707. The molecule has 0 radical (unpaired) electrons. The molecule has 0 aliphatic rings. The van der Waals surface area contributed by atoms with Crippen LogP contribution < -0.4 is 0 Å². The minimum atomic E-state index is -0.158. The molecule has 0 unspecified atom stereocenters. The number of thiophene rings is 1. The van der Waals surface area contributed by atoms with E-state index in [4.69, 9.17) is 5.11 Å². The average Bonchev–Trinajstić information content (AvgIpc) is 2.73. The summed E-state index contributed by atoms with van der Waals surface area (Å²) in [6, 6.07) is 1.89. The quantitative estimate of drug-likeness (QED) is 0.860. The Bertz CT molecular complexity index is 494. The highest BCUT2D eigenvalue weighted by atomic mass is 32.1. The second kappa shape index (κ2) is 7.32. The topological polar surface area (TPSA) is 40.5 Å². The summed E-state index contributed by atoms with van der Waals surface area (Å²) in [5.41, 5.74) is 0.995. The molecule has 19 heavy (non-hydrogen) atoms. The number of hydrogen-bond donors (Lipinski definition) is 1. The van der Waals surface area contributed by atoms with Crippen LogP contribution in [0.1, 0.15) is 40.9 Å². The van der Waals surface area contributed by atoms with Crippen LogP contribution in [0.5, 0.6) is 0 Å². The van der Waals surface area contributed by atoms with E-state index in [1.165, 1.54) is 11.3 Å². The highest BCUT2D eigenvalue weighted by Crippen LogP contribution is 2.22. The van der Waals surface area contributed by atoms with Crippen LogP contribution in [0.25, 0.3) is 0 Å². The fraction of sp³-hybridized carbons (Fsp3) is 0.533. The summed E-state index contributed by atoms with van der Waals surface area (Å²) in [6.45, 7) is 9.47. The summed E-state index contributed by atoms with van der Waals surface area (Å²) in [5, 5.41) is 8.72. The molecule has 104 valence electrons. The van der Waals surface area contributed by atoms with Crippen molar-refractivity contribution in [3.05, 3.63) is 21.4 Å². The number of amides is 1. The maximum absolute atomic E-state index is 12.4. The van der Waals surface area contributed by atoms with Crippen LogP contribution in [0.2, 0.25) is 0 Å². The molecule has 1 aromatic rings. The largest absolute Gasteiger partial charge is 0.384 e. The first kappa shape index (κ1) is 15.7. The lowest BCUT2D eigenvalue weighted by atomic mass is 10.2. The van der Waals surface area contributed by atoms with Crippen LogP contribution in [-0.2, 0) is 0 Å². The van der Waals surface area contributed by atoms with Gasteiger partial charge in [-0.1, -0.05) is 25.7 Å². The van der Waals surface area contributed by atoms with Crippen LogP contribution in [0, 0.1) is 24.7 Å². The number of carbonyl (C=O) groups excluding carboxylic acids is 1. The molecule has 0 aliphatic carbocycles. The van der Waals surface area contributed by atoms with Crippen LogP contribution in [0.4, 0.5) is 0 Å². The lowest BCUT2D eigenvalue weighted by Crippen LogP contribution is -2.33. The number of carbonyl (C=O) groups is 1. The van der Waals surface area contributed by atoms with Gasteiger partial charge in [0.25, 0.3) is 5.91 Å². The van der Waals surface area contributed by atoms with Crippen molar-refractivity contribution in [2.75, 3.05) is 19.7 Å². The monoisotopic (exact) mass is 279 g/mol. The number of aryl methyl sites for hydroxylation is 1. The summed E-state index contributed by atoms with van der Waals surface area (Å²) in [5.74, 6) is 6.04. The van der Waals surface area contributed by atoms with Crippen molar-refractivity contribution < 1.29 is 9.90 Å². The Labute approximate surface area is 119 Å². The van der Waals surface area contributed by atoms with E-state index in [0.717, 1.165) is 21.9 Å². The fourth-order valence-electron chi connectivity index (χ4n) is 1.78. The van der Waals surface area contributed by atoms with E-state index in [2.05, 4.69) is 25.7 Å². The molecule has 0 saturated carbocycles. The Hall–Kier alpha value is -1.31. The molecule has 0 fully saturated rings. The van der Waals surface area contributed by atoms with Crippen molar-refractivity contribution in [3.63, 3.8) is 0 Å². The highest BCUT2D eigenvalue weighted by Gasteiger charge is 2.18. The molecule has 0 atom stereocenters. The second-order valence-corrected chi connectivity index (χ2v) is 5.87. The molecule has 1 heterocycles. The number of aliphatic hydroxyl groups is 1. The Morgan fingerprint density at radius 2 is 2.21 bits per heavy atom. The lowest BCUT2D eigenvalue weighted by molar-refractivity contribution is 0.0750. The second-order valence-electron chi connectivity index (χ2n) is 4.82. The van der Waals surface area contributed by atoms with Gasteiger partial charge in [-0.05, 0) is 31.4 Å². The number of aliphatic hydroxyl groups excluding tert-OH is 1. The average molecular weight is 279 g/mol. The molecule has 1 rings (SSSR count). The summed E-state index contributed by atoms with van der Waals surface area (Å²) < 4.78 is 0. The van der Waals surface area contributed by atoms with E-state index in [-0.39, 0.29) is 12.5 Å². The molecular weight excluding hydrogens is 258 g/mol. The van der Waals surface area contributed by atoms with Crippen molar-refractivity contribution >= 4 is 17.2 Å². The van der Waals surface area contributed by atoms with Crippen LogP contribution in [-0.4, -0.2) is 35.6 Å². The number of rotatable bonds is 4. The van der Waals surface area contributed by atoms with E-state index in [9.17, 15) is 4.79 Å². The van der Waals surface area contributed by atoms with E-state index in [0.29, 0.717) is 12.5 Å². The van der Waals surface area contributed by atoms with Gasteiger partial charge in [0, 0.05) is 13.1 Å². The molecule has 0 aromatic carbocycles. The first-order valence-corrected chi connectivity index (χ1v) is 7.30. The van der Waals surface area contributed by atoms with Gasteiger partial charge in [0.1, 0.15) is 6.61 Å². The fourth-order valence-corrected chi connectivity index (χ4v) is 2.80. The maximum atomic E-state index is 12.4. The van der Waals surface area contributed by atoms with Crippen molar-refractivity contribution in [2.24, 2.45) is 5.92 Å². The Morgan fingerprint density at radius 3 is 2.74 bits per heavy atom. The van der Waals surface area contributed by atoms with Gasteiger partial charge < -0.3 is 10.0 Å². The molecule has 0 saturated heterocycles. The Balaban J connectivity index is 2.93. The van der Waals surface area contributed by atoms with Crippen molar-refractivity contribution in [1.82, 2.24) is 4.90 Å². The molecule has 1 aromatic heterocycles. The smallest absolute Gasteiger partial charge is 0.263 e. The number of hydrogen-bond acceptors (Lipinski definition) is 3. The van der Waals surface area contributed by atoms with Crippen LogP contribution in [0.15, 0.2) is 6.07 Å². The maximum Gasteiger partial charge on any atom is 0.263 e. The standard InChI is InChI=1S/C15H21NO2S/c1-5-16(10-11(2)3)15(18)14-9-12(4)13(19-14)7-6-8-17/h9,11,17H,5,8,10H2,1-4H3. The third-order valence-corrected chi connectivity index (χ3v) is 3.80. The number of nitrogens with zero attached hydrogens (tertiary/aromatic N) is 1. The Morgan fingerprint density at radius 1 is 1.53 bits per heavy atom. The van der Waals surface area contributed by atoms with E-state index >= 15 is 0 Å². The molecular formula is C15H21NO2S. The van der Waals surface area contributed by atoms with Gasteiger partial charge in [-0.25, -0.2) is 0 Å². The summed E-state index contributed by atoms with van der Waals surface area (Å²) in [7, 11) is 0. The van der Waals surface area contributed by atoms with Gasteiger partial charge in [-0.2, -0.15) is 0 Å². The molecule has 0 bridgehead atoms. The van der Waals surface area contributed by atoms with Crippen molar-refractivity contribution in [2.45, 2.75) is 27.7 Å². The molecule has 0 spiro atoms. The zero-order valence-corrected chi connectivity index (χ0v) is 12.8. The van der Waals surface area contributed by atoms with Gasteiger partial charge in [0.15, 0.2) is 0 Å². The molecule has 3 nitrogen and oxygen atoms in total. The third kappa shape index (κ3) is 4.38. The predicted octanol–water partition coefficient (Wildman–Crippen LogP) is 2.52. The predicted molar refractivity (Wildman–Crippen MR) is 79.4 cm³/mol. The lowest BCUT2D eigenvalue weighted by Gasteiger charge is -2.22. The first-order valence-electron chi connectivity index (χ1n) is 6.49. The summed E-state index contributed by atoms with van der Waals surface area (Å²) in [4.78, 5) is 15.8. The summed E-state index contributed by atoms with van der Waals surface area (Å²) >= 11 is 1.40. The first-order chi connectivity index (χ1) is 8.99. The molecule has 4 heteroatoms. The summed E-state index contributed by atoms with van der Waals surface area (Å²) in [6.07, 6.45) is 0.